The second-order valence-corrected chi connectivity index (χ2v) is 7.27. The van der Waals surface area contributed by atoms with E-state index in [1.807, 2.05) is 6.07 Å². The first-order valence-electron chi connectivity index (χ1n) is 8.95. The Balaban J connectivity index is 2.37. The van der Waals surface area contributed by atoms with Crippen LogP contribution >= 0.6 is 0 Å². The number of hydrogen-bond acceptors (Lipinski definition) is 7. The molecule has 9 heteroatoms. The molecule has 1 rings (SSSR count). The number of nitrogens with one attached hydrogen (secondary N) is 2. The predicted octanol–water partition coefficient (Wildman–Crippen LogP) is 1.02. The van der Waals surface area contributed by atoms with Gasteiger partial charge in [0.15, 0.2) is 0 Å². The lowest BCUT2D eigenvalue weighted by atomic mass is 9.97. The highest BCUT2D eigenvalue weighted by Gasteiger charge is 2.43. The van der Waals surface area contributed by atoms with Crippen molar-refractivity contribution in [3.05, 3.63) is 35.9 Å². The molecule has 0 aliphatic rings. The van der Waals surface area contributed by atoms with Crippen molar-refractivity contribution in [2.45, 2.75) is 44.9 Å². The smallest absolute Gasteiger partial charge is 0.407 e. The molecule has 1 aromatic rings. The molecule has 0 spiro atoms. The van der Waals surface area contributed by atoms with Crippen LogP contribution in [0.25, 0.3) is 0 Å². The molecule has 0 aromatic heterocycles. The molecule has 0 aliphatic heterocycles. The molecule has 1 aromatic carbocycles. The zero-order valence-electron chi connectivity index (χ0n) is 16.5. The van der Waals surface area contributed by atoms with E-state index in [0.717, 1.165) is 5.56 Å². The molecule has 0 saturated carbocycles. The van der Waals surface area contributed by atoms with Crippen LogP contribution in [0.4, 0.5) is 4.79 Å². The molecule has 0 bridgehead atoms. The zero-order valence-corrected chi connectivity index (χ0v) is 16.5. The number of carbonyl (C=O) groups excluding carboxylic acids is 2. The van der Waals surface area contributed by atoms with Gasteiger partial charge >= 0.3 is 18.0 Å². The monoisotopic (exact) mass is 395 g/mol. The van der Waals surface area contributed by atoms with Crippen LogP contribution < -0.4 is 16.4 Å². The lowest BCUT2D eigenvalue weighted by Crippen LogP contribution is -2.57. The summed E-state index contributed by atoms with van der Waals surface area (Å²) >= 11 is 0. The van der Waals surface area contributed by atoms with Crippen molar-refractivity contribution in [2.24, 2.45) is 5.73 Å². The van der Waals surface area contributed by atoms with E-state index < -0.39 is 29.2 Å². The van der Waals surface area contributed by atoms with Gasteiger partial charge in [0.05, 0.1) is 0 Å². The molecule has 28 heavy (non-hydrogen) atoms. The van der Waals surface area contributed by atoms with Gasteiger partial charge in [0.1, 0.15) is 12.2 Å². The van der Waals surface area contributed by atoms with Crippen molar-refractivity contribution >= 4 is 18.0 Å². The van der Waals surface area contributed by atoms with E-state index in [9.17, 15) is 19.5 Å². The highest BCUT2D eigenvalue weighted by molar-refractivity contribution is 6.03. The number of esters is 1. The number of carboxylic acids is 1. The van der Waals surface area contributed by atoms with Gasteiger partial charge in [-0.25, -0.2) is 14.4 Å². The SMILES string of the molecule is CC(C)(C)OC(=O)NCCNCC[C@](N)(C(=O)O)C(=O)OCc1ccccc1. The van der Waals surface area contributed by atoms with Crippen molar-refractivity contribution in [3.63, 3.8) is 0 Å². The maximum absolute atomic E-state index is 12.2. The third-order valence-corrected chi connectivity index (χ3v) is 3.62. The average molecular weight is 395 g/mol. The van der Waals surface area contributed by atoms with E-state index in [-0.39, 0.29) is 26.1 Å². The summed E-state index contributed by atoms with van der Waals surface area (Å²) in [6.45, 7) is 6.00. The Morgan fingerprint density at radius 1 is 1.07 bits per heavy atom. The lowest BCUT2D eigenvalue weighted by Gasteiger charge is -2.23. The summed E-state index contributed by atoms with van der Waals surface area (Å²) in [5.41, 5.74) is 3.77. The molecule has 0 radical (unpaired) electrons. The number of carboxylic acid groups (broad SMARTS) is 1. The van der Waals surface area contributed by atoms with Crippen molar-refractivity contribution in [1.82, 2.24) is 10.6 Å². The summed E-state index contributed by atoms with van der Waals surface area (Å²) in [7, 11) is 0. The Morgan fingerprint density at radius 3 is 2.29 bits per heavy atom. The average Bonchev–Trinajstić information content (AvgIpc) is 2.61. The zero-order chi connectivity index (χ0) is 21.2. The van der Waals surface area contributed by atoms with Crippen LogP contribution in [0.15, 0.2) is 30.3 Å². The summed E-state index contributed by atoms with van der Waals surface area (Å²) in [5.74, 6) is -2.46. The van der Waals surface area contributed by atoms with Crippen molar-refractivity contribution < 1.29 is 29.0 Å². The van der Waals surface area contributed by atoms with Crippen molar-refractivity contribution in [3.8, 4) is 0 Å². The Hall–Kier alpha value is -2.65. The van der Waals surface area contributed by atoms with E-state index in [0.29, 0.717) is 6.54 Å². The topological polar surface area (TPSA) is 140 Å². The fourth-order valence-corrected chi connectivity index (χ4v) is 2.13. The van der Waals surface area contributed by atoms with Crippen LogP contribution in [0.1, 0.15) is 32.8 Å². The van der Waals surface area contributed by atoms with Gasteiger partial charge in [-0.3, -0.25) is 0 Å². The molecule has 1 atom stereocenters. The third kappa shape index (κ3) is 8.36. The number of alkyl carbamates (subject to hydrolysis) is 1. The number of aliphatic carboxylic acids is 1. The molecule has 0 heterocycles. The van der Waals surface area contributed by atoms with E-state index in [4.69, 9.17) is 15.2 Å². The maximum atomic E-state index is 12.2. The summed E-state index contributed by atoms with van der Waals surface area (Å²) < 4.78 is 10.2. The first-order chi connectivity index (χ1) is 13.0. The number of benzene rings is 1. The molecule has 5 N–H and O–H groups in total. The number of ether oxygens (including phenoxy) is 2. The number of amides is 1. The van der Waals surface area contributed by atoms with E-state index in [2.05, 4.69) is 10.6 Å². The fraction of sp³-hybridized carbons (Fsp3) is 0.526. The Kier molecular flexibility index (Phi) is 8.87. The van der Waals surface area contributed by atoms with Gasteiger partial charge < -0.3 is 30.9 Å². The highest BCUT2D eigenvalue weighted by atomic mass is 16.6. The molecule has 0 saturated heterocycles. The first-order valence-corrected chi connectivity index (χ1v) is 8.95. The van der Waals surface area contributed by atoms with Crippen molar-refractivity contribution in [2.75, 3.05) is 19.6 Å². The van der Waals surface area contributed by atoms with Gasteiger partial charge in [0.25, 0.3) is 0 Å². The maximum Gasteiger partial charge on any atom is 0.407 e. The Labute approximate surface area is 164 Å². The van der Waals surface area contributed by atoms with E-state index in [1.54, 1.807) is 45.0 Å². The minimum atomic E-state index is -2.15. The van der Waals surface area contributed by atoms with Gasteiger partial charge in [-0.15, -0.1) is 0 Å². The molecule has 0 unspecified atom stereocenters. The van der Waals surface area contributed by atoms with Gasteiger partial charge in [0, 0.05) is 13.1 Å². The lowest BCUT2D eigenvalue weighted by molar-refractivity contribution is -0.162. The number of hydrogen-bond donors (Lipinski definition) is 4. The highest BCUT2D eigenvalue weighted by Crippen LogP contribution is 2.12. The fourth-order valence-electron chi connectivity index (χ4n) is 2.13. The van der Waals surface area contributed by atoms with Crippen molar-refractivity contribution in [1.29, 1.82) is 0 Å². The second-order valence-electron chi connectivity index (χ2n) is 7.27. The Morgan fingerprint density at radius 2 is 1.71 bits per heavy atom. The van der Waals surface area contributed by atoms with Gasteiger partial charge in [-0.2, -0.15) is 0 Å². The molecule has 0 fully saturated rings. The third-order valence-electron chi connectivity index (χ3n) is 3.62. The normalized spacial score (nSPS) is 13.3. The summed E-state index contributed by atoms with van der Waals surface area (Å²) in [6.07, 6.45) is -0.708. The Bertz CT molecular complexity index is 659. The molecule has 9 nitrogen and oxygen atoms in total. The van der Waals surface area contributed by atoms with Crippen LogP contribution in [-0.2, 0) is 25.7 Å². The van der Waals surface area contributed by atoms with Crippen LogP contribution in [-0.4, -0.2) is 53.9 Å². The first kappa shape index (κ1) is 23.4. The minimum absolute atomic E-state index is 0.0564. The van der Waals surface area contributed by atoms with Gasteiger partial charge in [-0.1, -0.05) is 30.3 Å². The largest absolute Gasteiger partial charge is 0.479 e. The second kappa shape index (κ2) is 10.6. The van der Waals surface area contributed by atoms with Crippen LogP contribution in [0.3, 0.4) is 0 Å². The molecule has 156 valence electrons. The van der Waals surface area contributed by atoms with E-state index in [1.165, 1.54) is 0 Å². The van der Waals surface area contributed by atoms with Crippen LogP contribution in [0.5, 0.6) is 0 Å². The molecular weight excluding hydrogens is 366 g/mol. The summed E-state index contributed by atoms with van der Waals surface area (Å²) in [4.78, 5) is 35.2. The standard InChI is InChI=1S/C19H29N3O6/c1-18(2,3)28-17(26)22-12-11-21-10-9-19(20,15(23)24)16(25)27-13-14-7-5-4-6-8-14/h4-8,21H,9-13,20H2,1-3H3,(H,22,26)(H,23,24)/t19-/m0/s1. The van der Waals surface area contributed by atoms with Crippen LogP contribution in [0.2, 0.25) is 0 Å². The van der Waals surface area contributed by atoms with E-state index >= 15 is 0 Å². The summed E-state index contributed by atoms with van der Waals surface area (Å²) in [5, 5.41) is 14.8. The minimum Gasteiger partial charge on any atom is -0.479 e. The molecular formula is C19H29N3O6. The molecule has 1 amide bonds. The number of nitrogens with two attached hydrogens (primary N) is 1. The van der Waals surface area contributed by atoms with Gasteiger partial charge in [-0.05, 0) is 39.3 Å². The summed E-state index contributed by atoms with van der Waals surface area (Å²) in [6, 6.07) is 8.90. The quantitative estimate of drug-likeness (QED) is 0.261. The molecule has 0 aliphatic carbocycles. The number of rotatable bonds is 10. The predicted molar refractivity (Wildman–Crippen MR) is 103 cm³/mol. The van der Waals surface area contributed by atoms with Crippen LogP contribution in [0, 0.1) is 0 Å². The van der Waals surface area contributed by atoms with Gasteiger partial charge in [0.2, 0.25) is 5.54 Å². The number of carbonyl (C=O) groups is 3.